The van der Waals surface area contributed by atoms with Gasteiger partial charge in [0.2, 0.25) is 0 Å². The molecule has 2 aromatic rings. The molecule has 1 N–H and O–H groups in total. The van der Waals surface area contributed by atoms with E-state index in [1.165, 1.54) is 4.90 Å². The second-order valence-electron chi connectivity index (χ2n) is 5.32. The molecule has 0 aliphatic carbocycles. The van der Waals surface area contributed by atoms with Gasteiger partial charge in [-0.05, 0) is 55.5 Å². The third-order valence-electron chi connectivity index (χ3n) is 3.46. The summed E-state index contributed by atoms with van der Waals surface area (Å²) in [7, 11) is 1.64. The molecule has 0 spiro atoms. The smallest absolute Gasteiger partial charge is 0.341 e. The first-order valence-electron chi connectivity index (χ1n) is 8.06. The number of carboxylic acids is 1. The molecule has 2 aromatic carbocycles. The van der Waals surface area contributed by atoms with Gasteiger partial charge in [-0.2, -0.15) is 0 Å². The SMILES string of the molecule is CCOc1ccc(OCC(=O)N(C)c2ccc(OCC(=O)O)cc2)cc1. The van der Waals surface area contributed by atoms with Crippen LogP contribution in [0.15, 0.2) is 48.5 Å². The van der Waals surface area contributed by atoms with Crippen molar-refractivity contribution in [1.82, 2.24) is 0 Å². The van der Waals surface area contributed by atoms with E-state index in [-0.39, 0.29) is 12.5 Å². The molecule has 0 aromatic heterocycles. The summed E-state index contributed by atoms with van der Waals surface area (Å²) in [6, 6.07) is 13.6. The van der Waals surface area contributed by atoms with Gasteiger partial charge in [0.1, 0.15) is 17.2 Å². The van der Waals surface area contributed by atoms with E-state index >= 15 is 0 Å². The van der Waals surface area contributed by atoms with E-state index in [1.54, 1.807) is 55.6 Å². The lowest BCUT2D eigenvalue weighted by Gasteiger charge is -2.18. The molecule has 1 amide bonds. The van der Waals surface area contributed by atoms with Crippen LogP contribution in [-0.4, -0.2) is 43.9 Å². The summed E-state index contributed by atoms with van der Waals surface area (Å²) in [5, 5.41) is 8.59. The zero-order valence-corrected chi connectivity index (χ0v) is 14.7. The van der Waals surface area contributed by atoms with Gasteiger partial charge in [-0.25, -0.2) is 4.79 Å². The number of nitrogens with zero attached hydrogens (tertiary/aromatic N) is 1. The van der Waals surface area contributed by atoms with Crippen molar-refractivity contribution in [1.29, 1.82) is 0 Å². The van der Waals surface area contributed by atoms with Crippen LogP contribution in [0.25, 0.3) is 0 Å². The molecule has 0 heterocycles. The van der Waals surface area contributed by atoms with E-state index in [9.17, 15) is 9.59 Å². The molecule has 0 unspecified atom stereocenters. The lowest BCUT2D eigenvalue weighted by molar-refractivity contribution is -0.139. The molecule has 0 radical (unpaired) electrons. The van der Waals surface area contributed by atoms with Crippen LogP contribution in [0.2, 0.25) is 0 Å². The molecule has 0 aliphatic heterocycles. The fourth-order valence-electron chi connectivity index (χ4n) is 2.10. The fourth-order valence-corrected chi connectivity index (χ4v) is 2.10. The highest BCUT2D eigenvalue weighted by Crippen LogP contribution is 2.20. The Morgan fingerprint density at radius 1 is 0.846 bits per heavy atom. The van der Waals surface area contributed by atoms with Gasteiger partial charge in [-0.3, -0.25) is 4.79 Å². The number of carbonyl (C=O) groups is 2. The molecule has 7 nitrogen and oxygen atoms in total. The number of likely N-dealkylation sites (N-methyl/N-ethyl adjacent to an activating group) is 1. The standard InChI is InChI=1S/C19H21NO6/c1-3-24-15-8-10-17(11-9-15)25-12-18(21)20(2)14-4-6-16(7-5-14)26-13-19(22)23/h4-11H,3,12-13H2,1-2H3,(H,22,23). The highest BCUT2D eigenvalue weighted by Gasteiger charge is 2.12. The van der Waals surface area contributed by atoms with E-state index < -0.39 is 12.6 Å². The van der Waals surface area contributed by atoms with Gasteiger partial charge in [0.15, 0.2) is 13.2 Å². The summed E-state index contributed by atoms with van der Waals surface area (Å²) >= 11 is 0. The van der Waals surface area contributed by atoms with Gasteiger partial charge < -0.3 is 24.2 Å². The Balaban J connectivity index is 1.87. The van der Waals surface area contributed by atoms with Crippen molar-refractivity contribution < 1.29 is 28.9 Å². The molecule has 26 heavy (non-hydrogen) atoms. The Kier molecular flexibility index (Phi) is 6.84. The fraction of sp³-hybridized carbons (Fsp3) is 0.263. The Morgan fingerprint density at radius 3 is 1.81 bits per heavy atom. The molecule has 0 saturated heterocycles. The van der Waals surface area contributed by atoms with Crippen LogP contribution in [0.5, 0.6) is 17.2 Å². The molecule has 0 fully saturated rings. The van der Waals surface area contributed by atoms with Crippen LogP contribution in [-0.2, 0) is 9.59 Å². The number of amides is 1. The highest BCUT2D eigenvalue weighted by molar-refractivity contribution is 5.93. The quantitative estimate of drug-likeness (QED) is 0.741. The number of hydrogen-bond donors (Lipinski definition) is 1. The maximum Gasteiger partial charge on any atom is 0.341 e. The van der Waals surface area contributed by atoms with E-state index in [2.05, 4.69) is 0 Å². The van der Waals surface area contributed by atoms with Crippen LogP contribution in [0.1, 0.15) is 6.92 Å². The van der Waals surface area contributed by atoms with Crippen molar-refractivity contribution in [2.75, 3.05) is 31.8 Å². The molecular formula is C19H21NO6. The summed E-state index contributed by atoms with van der Waals surface area (Å²) < 4.78 is 15.9. The number of anilines is 1. The number of hydrogen-bond acceptors (Lipinski definition) is 5. The molecule has 2 rings (SSSR count). The topological polar surface area (TPSA) is 85.3 Å². The van der Waals surface area contributed by atoms with Crippen molar-refractivity contribution in [2.24, 2.45) is 0 Å². The average molecular weight is 359 g/mol. The van der Waals surface area contributed by atoms with Gasteiger partial charge in [0.25, 0.3) is 5.91 Å². The lowest BCUT2D eigenvalue weighted by atomic mass is 10.3. The number of aliphatic carboxylic acids is 1. The van der Waals surface area contributed by atoms with Crippen molar-refractivity contribution in [3.63, 3.8) is 0 Å². The predicted octanol–water partition coefficient (Wildman–Crippen LogP) is 2.59. The van der Waals surface area contributed by atoms with E-state index in [0.717, 1.165) is 5.75 Å². The summed E-state index contributed by atoms with van der Waals surface area (Å²) in [5.74, 6) is 0.467. The van der Waals surface area contributed by atoms with Gasteiger partial charge >= 0.3 is 5.97 Å². The number of carboxylic acid groups (broad SMARTS) is 1. The first-order valence-corrected chi connectivity index (χ1v) is 8.06. The van der Waals surface area contributed by atoms with Gasteiger partial charge in [-0.15, -0.1) is 0 Å². The molecule has 0 saturated carbocycles. The summed E-state index contributed by atoms with van der Waals surface area (Å²) in [6.45, 7) is 1.97. The molecule has 7 heteroatoms. The number of benzene rings is 2. The van der Waals surface area contributed by atoms with Crippen LogP contribution < -0.4 is 19.1 Å². The Bertz CT molecular complexity index is 727. The largest absolute Gasteiger partial charge is 0.494 e. The zero-order valence-electron chi connectivity index (χ0n) is 14.7. The third kappa shape index (κ3) is 5.70. The average Bonchev–Trinajstić information content (AvgIpc) is 2.65. The van der Waals surface area contributed by atoms with Crippen molar-refractivity contribution >= 4 is 17.6 Å². The van der Waals surface area contributed by atoms with Gasteiger partial charge in [-0.1, -0.05) is 0 Å². The van der Waals surface area contributed by atoms with Crippen LogP contribution in [0, 0.1) is 0 Å². The summed E-state index contributed by atoms with van der Waals surface area (Å²) in [5.41, 5.74) is 0.646. The number of carbonyl (C=O) groups excluding carboxylic acids is 1. The Labute approximate surface area is 151 Å². The second kappa shape index (κ2) is 9.31. The maximum atomic E-state index is 12.3. The summed E-state index contributed by atoms with van der Waals surface area (Å²) in [4.78, 5) is 24.2. The first kappa shape index (κ1) is 19.1. The van der Waals surface area contributed by atoms with Crippen molar-refractivity contribution in [3.05, 3.63) is 48.5 Å². The van der Waals surface area contributed by atoms with Gasteiger partial charge in [0, 0.05) is 12.7 Å². The Morgan fingerprint density at radius 2 is 1.31 bits per heavy atom. The highest BCUT2D eigenvalue weighted by atomic mass is 16.5. The number of rotatable bonds is 9. The normalized spacial score (nSPS) is 10.1. The van der Waals surface area contributed by atoms with Crippen LogP contribution >= 0.6 is 0 Å². The van der Waals surface area contributed by atoms with Crippen molar-refractivity contribution in [2.45, 2.75) is 6.92 Å². The van der Waals surface area contributed by atoms with Gasteiger partial charge in [0.05, 0.1) is 6.61 Å². The minimum absolute atomic E-state index is 0.109. The third-order valence-corrected chi connectivity index (χ3v) is 3.46. The predicted molar refractivity (Wildman–Crippen MR) is 96.1 cm³/mol. The summed E-state index contributed by atoms with van der Waals surface area (Å²) in [6.07, 6.45) is 0. The van der Waals surface area contributed by atoms with E-state index in [0.29, 0.717) is 23.8 Å². The first-order chi connectivity index (χ1) is 12.5. The van der Waals surface area contributed by atoms with E-state index in [1.807, 2.05) is 6.92 Å². The minimum Gasteiger partial charge on any atom is -0.494 e. The Hall–Kier alpha value is -3.22. The maximum absolute atomic E-state index is 12.3. The molecule has 0 aliphatic rings. The van der Waals surface area contributed by atoms with Crippen molar-refractivity contribution in [3.8, 4) is 17.2 Å². The zero-order chi connectivity index (χ0) is 18.9. The lowest BCUT2D eigenvalue weighted by Crippen LogP contribution is -2.31. The van der Waals surface area contributed by atoms with Crippen LogP contribution in [0.4, 0.5) is 5.69 Å². The van der Waals surface area contributed by atoms with E-state index in [4.69, 9.17) is 19.3 Å². The molecular weight excluding hydrogens is 338 g/mol. The molecule has 138 valence electrons. The second-order valence-corrected chi connectivity index (χ2v) is 5.32. The number of ether oxygens (including phenoxy) is 3. The monoisotopic (exact) mass is 359 g/mol. The van der Waals surface area contributed by atoms with Crippen LogP contribution in [0.3, 0.4) is 0 Å². The minimum atomic E-state index is -1.05. The molecule has 0 atom stereocenters. The molecule has 0 bridgehead atoms.